The molecule has 10 heteroatoms. The summed E-state index contributed by atoms with van der Waals surface area (Å²) in [5.41, 5.74) is 9.80. The molecule has 48 heavy (non-hydrogen) atoms. The zero-order chi connectivity index (χ0) is 35.4. The third-order valence-corrected chi connectivity index (χ3v) is 8.83. The van der Waals surface area contributed by atoms with Crippen LogP contribution in [0.25, 0.3) is 0 Å². The lowest BCUT2D eigenvalue weighted by atomic mass is 9.77. The van der Waals surface area contributed by atoms with Gasteiger partial charge in [-0.3, -0.25) is 40.9 Å². The van der Waals surface area contributed by atoms with Crippen LogP contribution in [-0.4, -0.2) is 33.8 Å². The van der Waals surface area contributed by atoms with Gasteiger partial charge in [0, 0.05) is 0 Å². The molecule has 2 rings (SSSR count). The molecule has 4 amide bonds. The van der Waals surface area contributed by atoms with Crippen LogP contribution in [-0.2, 0) is 22.4 Å². The molecule has 0 aromatic heterocycles. The van der Waals surface area contributed by atoms with Gasteiger partial charge in [-0.25, -0.2) is 0 Å². The number of aryl methyl sites for hydroxylation is 2. The maximum atomic E-state index is 13.7. The Morgan fingerprint density at radius 1 is 0.521 bits per heavy atom. The fourth-order valence-electron chi connectivity index (χ4n) is 5.92. The van der Waals surface area contributed by atoms with Crippen LogP contribution < -0.4 is 21.7 Å². The zero-order valence-corrected chi connectivity index (χ0v) is 29.5. The summed E-state index contributed by atoms with van der Waals surface area (Å²) in [5.74, 6) is -3.25. The van der Waals surface area contributed by atoms with Crippen molar-refractivity contribution in [2.24, 2.45) is 5.41 Å². The standard InChI is InChI=1S/C38H58N4O6/c1-5-9-12-15-18-28-20-22-30(32(43)26-28)34(45)39-41-36(47)38(24-8-4,25-17-14-11-7-3)37(48)42-40-35(46)31-23-21-29(27-33(31)44)19-16-13-10-6-2/h20-23,26-27,43-44H,5-19,24-25H2,1-4H3,(H,39,45)(H,40,46)(H,41,47)(H,42,48). The van der Waals surface area contributed by atoms with Crippen LogP contribution in [0.4, 0.5) is 0 Å². The maximum absolute atomic E-state index is 13.7. The van der Waals surface area contributed by atoms with Crippen molar-refractivity contribution in [3.05, 3.63) is 58.7 Å². The monoisotopic (exact) mass is 666 g/mol. The highest BCUT2D eigenvalue weighted by atomic mass is 16.3. The van der Waals surface area contributed by atoms with Crippen molar-refractivity contribution < 1.29 is 29.4 Å². The Morgan fingerprint density at radius 3 is 1.31 bits per heavy atom. The average Bonchev–Trinajstić information content (AvgIpc) is 3.07. The van der Waals surface area contributed by atoms with Crippen molar-refractivity contribution in [1.29, 1.82) is 0 Å². The third kappa shape index (κ3) is 12.5. The zero-order valence-electron chi connectivity index (χ0n) is 29.5. The Labute approximate surface area is 286 Å². The number of benzene rings is 2. The highest BCUT2D eigenvalue weighted by molar-refractivity contribution is 6.07. The Kier molecular flexibility index (Phi) is 18.1. The second-order valence-electron chi connectivity index (χ2n) is 12.8. The molecular weight excluding hydrogens is 608 g/mol. The summed E-state index contributed by atoms with van der Waals surface area (Å²) < 4.78 is 0. The Hall–Kier alpha value is -4.08. The van der Waals surface area contributed by atoms with E-state index in [2.05, 4.69) is 42.5 Å². The molecule has 0 aliphatic heterocycles. The number of unbranched alkanes of at least 4 members (excludes halogenated alkanes) is 9. The molecule has 2 aromatic carbocycles. The van der Waals surface area contributed by atoms with Gasteiger partial charge >= 0.3 is 0 Å². The first-order valence-electron chi connectivity index (χ1n) is 18.0. The topological polar surface area (TPSA) is 157 Å². The van der Waals surface area contributed by atoms with E-state index in [-0.39, 0.29) is 35.5 Å². The van der Waals surface area contributed by atoms with Crippen LogP contribution in [0.15, 0.2) is 36.4 Å². The largest absolute Gasteiger partial charge is 0.507 e. The van der Waals surface area contributed by atoms with E-state index in [0.29, 0.717) is 12.8 Å². The average molecular weight is 667 g/mol. The fraction of sp³-hybridized carbons (Fsp3) is 0.579. The lowest BCUT2D eigenvalue weighted by Crippen LogP contribution is -2.58. The van der Waals surface area contributed by atoms with E-state index in [1.165, 1.54) is 12.1 Å². The summed E-state index contributed by atoms with van der Waals surface area (Å²) in [4.78, 5) is 53.4. The lowest BCUT2D eigenvalue weighted by molar-refractivity contribution is -0.146. The van der Waals surface area contributed by atoms with Crippen LogP contribution in [0.1, 0.15) is 156 Å². The Bertz CT molecular complexity index is 1240. The van der Waals surface area contributed by atoms with E-state index in [4.69, 9.17) is 0 Å². The number of carbonyl (C=O) groups is 4. The van der Waals surface area contributed by atoms with E-state index in [1.807, 2.05) is 6.92 Å². The molecule has 0 unspecified atom stereocenters. The summed E-state index contributed by atoms with van der Waals surface area (Å²) in [7, 11) is 0. The van der Waals surface area contributed by atoms with Crippen molar-refractivity contribution in [2.75, 3.05) is 0 Å². The van der Waals surface area contributed by atoms with Gasteiger partial charge in [0.2, 0.25) is 0 Å². The minimum atomic E-state index is -1.60. The van der Waals surface area contributed by atoms with E-state index < -0.39 is 29.0 Å². The molecule has 2 aromatic rings. The van der Waals surface area contributed by atoms with Crippen LogP contribution >= 0.6 is 0 Å². The second-order valence-corrected chi connectivity index (χ2v) is 12.8. The van der Waals surface area contributed by atoms with E-state index in [0.717, 1.165) is 94.6 Å². The SMILES string of the molecule is CCCCCCc1ccc(C(=O)NNC(=O)C(CCC)(CCCCCC)C(=O)NNC(=O)c2ccc(CCCCCC)cc2O)c(O)c1. The Balaban J connectivity index is 2.14. The number of phenols is 2. The van der Waals surface area contributed by atoms with Crippen LogP contribution in [0.3, 0.4) is 0 Å². The van der Waals surface area contributed by atoms with Gasteiger partial charge in [-0.05, 0) is 73.9 Å². The molecule has 0 aliphatic rings. The number of nitrogens with one attached hydrogen (secondary N) is 4. The number of amides is 4. The minimum absolute atomic E-state index is 0.000135. The summed E-state index contributed by atoms with van der Waals surface area (Å²) in [6.45, 7) is 8.20. The molecule has 0 bridgehead atoms. The van der Waals surface area contributed by atoms with Crippen molar-refractivity contribution in [3.8, 4) is 11.5 Å². The lowest BCUT2D eigenvalue weighted by Gasteiger charge is -2.31. The normalized spacial score (nSPS) is 11.2. The van der Waals surface area contributed by atoms with Gasteiger partial charge in [0.25, 0.3) is 23.6 Å². The van der Waals surface area contributed by atoms with Gasteiger partial charge in [-0.15, -0.1) is 0 Å². The molecule has 0 saturated carbocycles. The molecular formula is C38H58N4O6. The number of carbonyl (C=O) groups excluding carboxylic acids is 4. The summed E-state index contributed by atoms with van der Waals surface area (Å²) in [6, 6.07) is 9.73. The fourth-order valence-corrected chi connectivity index (χ4v) is 5.92. The predicted molar refractivity (Wildman–Crippen MR) is 189 cm³/mol. The molecule has 0 saturated heterocycles. The van der Waals surface area contributed by atoms with E-state index in [1.54, 1.807) is 24.3 Å². The molecule has 6 N–H and O–H groups in total. The van der Waals surface area contributed by atoms with Gasteiger partial charge in [0.1, 0.15) is 16.9 Å². The quantitative estimate of drug-likeness (QED) is 0.0466. The van der Waals surface area contributed by atoms with E-state index >= 15 is 0 Å². The molecule has 266 valence electrons. The molecule has 0 atom stereocenters. The number of rotatable bonds is 21. The molecule has 0 radical (unpaired) electrons. The smallest absolute Gasteiger partial charge is 0.273 e. The maximum Gasteiger partial charge on any atom is 0.273 e. The van der Waals surface area contributed by atoms with Gasteiger partial charge in [0.05, 0.1) is 11.1 Å². The van der Waals surface area contributed by atoms with Gasteiger partial charge in [-0.2, -0.15) is 0 Å². The van der Waals surface area contributed by atoms with Crippen molar-refractivity contribution in [3.63, 3.8) is 0 Å². The third-order valence-electron chi connectivity index (χ3n) is 8.83. The second kappa shape index (κ2) is 21.7. The summed E-state index contributed by atoms with van der Waals surface area (Å²) >= 11 is 0. The predicted octanol–water partition coefficient (Wildman–Crippen LogP) is 7.32. The van der Waals surface area contributed by atoms with E-state index in [9.17, 15) is 29.4 Å². The summed E-state index contributed by atoms with van der Waals surface area (Å²) in [6.07, 6.45) is 14.4. The number of hydrogen-bond acceptors (Lipinski definition) is 6. The summed E-state index contributed by atoms with van der Waals surface area (Å²) in [5, 5.41) is 21.1. The van der Waals surface area contributed by atoms with Crippen molar-refractivity contribution >= 4 is 23.6 Å². The van der Waals surface area contributed by atoms with Crippen LogP contribution in [0, 0.1) is 5.41 Å². The highest BCUT2D eigenvalue weighted by Gasteiger charge is 2.45. The first-order valence-corrected chi connectivity index (χ1v) is 18.0. The molecule has 0 aliphatic carbocycles. The number of phenolic OH excluding ortho intramolecular Hbond substituents is 2. The van der Waals surface area contributed by atoms with Gasteiger partial charge in [0.15, 0.2) is 0 Å². The molecule has 10 nitrogen and oxygen atoms in total. The molecule has 0 fully saturated rings. The van der Waals surface area contributed by atoms with Gasteiger partial charge in [-0.1, -0.05) is 110 Å². The minimum Gasteiger partial charge on any atom is -0.507 e. The van der Waals surface area contributed by atoms with Crippen molar-refractivity contribution in [2.45, 2.75) is 137 Å². The molecule has 0 heterocycles. The number of aromatic hydroxyl groups is 2. The first-order chi connectivity index (χ1) is 23.1. The van der Waals surface area contributed by atoms with Gasteiger partial charge < -0.3 is 10.2 Å². The Morgan fingerprint density at radius 2 is 0.938 bits per heavy atom. The number of hydrogen-bond donors (Lipinski definition) is 6. The van der Waals surface area contributed by atoms with Crippen LogP contribution in [0.2, 0.25) is 0 Å². The highest BCUT2D eigenvalue weighted by Crippen LogP contribution is 2.32. The number of hydrazine groups is 2. The first kappa shape index (κ1) is 40.1. The molecule has 0 spiro atoms. The van der Waals surface area contributed by atoms with Crippen LogP contribution in [0.5, 0.6) is 11.5 Å². The van der Waals surface area contributed by atoms with Crippen molar-refractivity contribution in [1.82, 2.24) is 21.7 Å².